The summed E-state index contributed by atoms with van der Waals surface area (Å²) in [7, 11) is 1.54. The summed E-state index contributed by atoms with van der Waals surface area (Å²) in [6.07, 6.45) is 2.11. The second kappa shape index (κ2) is 10.0. The Morgan fingerprint density at radius 1 is 1.17 bits per heavy atom. The number of benzene rings is 2. The fraction of sp³-hybridized carbons (Fsp3) is 0.364. The molecular weight excluding hydrogens is 375 g/mol. The van der Waals surface area contributed by atoms with E-state index in [0.717, 1.165) is 18.4 Å². The van der Waals surface area contributed by atoms with Gasteiger partial charge in [-0.15, -0.1) is 0 Å². The van der Waals surface area contributed by atoms with Gasteiger partial charge in [-0.2, -0.15) is 0 Å². The third kappa shape index (κ3) is 5.32. The van der Waals surface area contributed by atoms with E-state index < -0.39 is 11.9 Å². The van der Waals surface area contributed by atoms with E-state index in [9.17, 15) is 14.0 Å². The molecule has 1 heterocycles. The van der Waals surface area contributed by atoms with Gasteiger partial charge in [-0.3, -0.25) is 9.59 Å². The number of nitrogens with one attached hydrogen (secondary N) is 1. The van der Waals surface area contributed by atoms with Gasteiger partial charge in [0.1, 0.15) is 12.6 Å². The summed E-state index contributed by atoms with van der Waals surface area (Å²) in [6, 6.07) is 12.6. The van der Waals surface area contributed by atoms with Crippen molar-refractivity contribution in [2.75, 3.05) is 32.2 Å². The molecule has 29 heavy (non-hydrogen) atoms. The van der Waals surface area contributed by atoms with E-state index in [4.69, 9.17) is 9.47 Å². The van der Waals surface area contributed by atoms with Gasteiger partial charge in [-0.25, -0.2) is 4.39 Å². The van der Waals surface area contributed by atoms with Crippen LogP contribution in [-0.2, 0) is 14.3 Å². The van der Waals surface area contributed by atoms with Crippen molar-refractivity contribution in [3.8, 4) is 5.75 Å². The number of hydrogen-bond acceptors (Lipinski definition) is 4. The lowest BCUT2D eigenvalue weighted by atomic mass is 10.0. The van der Waals surface area contributed by atoms with Crippen LogP contribution >= 0.6 is 0 Å². The number of rotatable bonds is 8. The zero-order valence-electron chi connectivity index (χ0n) is 16.4. The number of piperidine rings is 1. The van der Waals surface area contributed by atoms with Crippen molar-refractivity contribution in [3.05, 3.63) is 59.9 Å². The third-order valence-electron chi connectivity index (χ3n) is 4.78. The van der Waals surface area contributed by atoms with E-state index >= 15 is 0 Å². The minimum atomic E-state index is -0.760. The Balaban J connectivity index is 1.78. The van der Waals surface area contributed by atoms with Crippen molar-refractivity contribution in [2.24, 2.45) is 0 Å². The fourth-order valence-corrected chi connectivity index (χ4v) is 3.35. The van der Waals surface area contributed by atoms with Crippen LogP contribution in [0.3, 0.4) is 0 Å². The topological polar surface area (TPSA) is 67.9 Å². The maximum Gasteiger partial charge on any atom is 0.251 e. The van der Waals surface area contributed by atoms with Gasteiger partial charge in [-0.1, -0.05) is 30.3 Å². The van der Waals surface area contributed by atoms with E-state index in [2.05, 4.69) is 5.32 Å². The van der Waals surface area contributed by atoms with Crippen molar-refractivity contribution in [1.29, 1.82) is 0 Å². The summed E-state index contributed by atoms with van der Waals surface area (Å²) in [5.41, 5.74) is 1.03. The van der Waals surface area contributed by atoms with Crippen LogP contribution in [0.5, 0.6) is 5.75 Å². The predicted octanol–water partition coefficient (Wildman–Crippen LogP) is 3.54. The Labute approximate surface area is 169 Å². The Kier molecular flexibility index (Phi) is 7.19. The van der Waals surface area contributed by atoms with Crippen LogP contribution in [0.15, 0.2) is 48.5 Å². The van der Waals surface area contributed by atoms with Crippen LogP contribution in [0.1, 0.15) is 30.9 Å². The quantitative estimate of drug-likeness (QED) is 0.689. The molecule has 1 N–H and O–H groups in total. The molecule has 1 atom stereocenters. The second-order valence-electron chi connectivity index (χ2n) is 6.83. The van der Waals surface area contributed by atoms with Crippen LogP contribution < -0.4 is 10.1 Å². The first-order valence-electron chi connectivity index (χ1n) is 9.66. The van der Waals surface area contributed by atoms with Gasteiger partial charge in [-0.05, 0) is 30.5 Å². The number of halogens is 1. The van der Waals surface area contributed by atoms with E-state index in [0.29, 0.717) is 25.3 Å². The first-order chi connectivity index (χ1) is 14.1. The van der Waals surface area contributed by atoms with Gasteiger partial charge in [0.25, 0.3) is 5.91 Å². The summed E-state index contributed by atoms with van der Waals surface area (Å²) in [5.74, 6) is -0.915. The normalized spacial score (nSPS) is 15.1. The molecule has 3 rings (SSSR count). The molecular formula is C22H25FN2O4. The molecule has 1 saturated heterocycles. The Hall–Kier alpha value is -2.93. The SMILES string of the molecule is COCCOc1ccc(NC(=O)C(c2ccccc2)N2CCCCC2=O)cc1F. The van der Waals surface area contributed by atoms with Crippen LogP contribution in [0, 0.1) is 5.82 Å². The van der Waals surface area contributed by atoms with E-state index in [1.54, 1.807) is 11.0 Å². The number of carbonyl (C=O) groups excluding carboxylic acids is 2. The van der Waals surface area contributed by atoms with E-state index in [-0.39, 0.29) is 24.2 Å². The number of likely N-dealkylation sites (tertiary alicyclic amines) is 1. The number of nitrogens with zero attached hydrogens (tertiary/aromatic N) is 1. The standard InChI is InChI=1S/C22H25FN2O4/c1-28-13-14-29-19-11-10-17(15-18(19)23)24-22(27)21(16-7-3-2-4-8-16)25-12-6-5-9-20(25)26/h2-4,7-8,10-11,15,21H,5-6,9,12-14H2,1H3,(H,24,27). The Morgan fingerprint density at radius 2 is 1.97 bits per heavy atom. The molecule has 6 nitrogen and oxygen atoms in total. The zero-order valence-corrected chi connectivity index (χ0v) is 16.4. The van der Waals surface area contributed by atoms with Crippen molar-refractivity contribution in [2.45, 2.75) is 25.3 Å². The van der Waals surface area contributed by atoms with E-state index in [1.165, 1.54) is 19.2 Å². The number of carbonyl (C=O) groups is 2. The molecule has 0 aromatic heterocycles. The zero-order chi connectivity index (χ0) is 20.6. The van der Waals surface area contributed by atoms with Gasteiger partial charge >= 0.3 is 0 Å². The maximum absolute atomic E-state index is 14.3. The van der Waals surface area contributed by atoms with Crippen molar-refractivity contribution in [3.63, 3.8) is 0 Å². The molecule has 1 aliphatic heterocycles. The molecule has 0 saturated carbocycles. The lowest BCUT2D eigenvalue weighted by molar-refractivity contribution is -0.141. The third-order valence-corrected chi connectivity index (χ3v) is 4.78. The van der Waals surface area contributed by atoms with Crippen LogP contribution in [0.2, 0.25) is 0 Å². The van der Waals surface area contributed by atoms with Gasteiger partial charge in [0.2, 0.25) is 5.91 Å². The summed E-state index contributed by atoms with van der Waals surface area (Å²) in [4.78, 5) is 27.1. The molecule has 1 aliphatic rings. The van der Waals surface area contributed by atoms with Crippen molar-refractivity contribution < 1.29 is 23.5 Å². The molecule has 0 radical (unpaired) electrons. The highest BCUT2D eigenvalue weighted by Crippen LogP contribution is 2.28. The number of anilines is 1. The minimum absolute atomic E-state index is 0.0478. The largest absolute Gasteiger partial charge is 0.488 e. The molecule has 2 aromatic carbocycles. The summed E-state index contributed by atoms with van der Waals surface area (Å²) in [5, 5.41) is 2.74. The molecule has 154 valence electrons. The summed E-state index contributed by atoms with van der Waals surface area (Å²) >= 11 is 0. The first kappa shape index (κ1) is 20.8. The number of hydrogen-bond donors (Lipinski definition) is 1. The van der Waals surface area contributed by atoms with Gasteiger partial charge in [0.05, 0.1) is 6.61 Å². The summed E-state index contributed by atoms with van der Waals surface area (Å²) < 4.78 is 24.5. The maximum atomic E-state index is 14.3. The van der Waals surface area contributed by atoms with Gasteiger partial charge in [0, 0.05) is 31.8 Å². The van der Waals surface area contributed by atoms with Gasteiger partial charge < -0.3 is 19.7 Å². The Bertz CT molecular complexity index is 844. The van der Waals surface area contributed by atoms with Gasteiger partial charge in [0.15, 0.2) is 11.6 Å². The number of ether oxygens (including phenoxy) is 2. The molecule has 0 aliphatic carbocycles. The van der Waals surface area contributed by atoms with Crippen molar-refractivity contribution in [1.82, 2.24) is 4.90 Å². The van der Waals surface area contributed by atoms with Crippen LogP contribution in [-0.4, -0.2) is 43.6 Å². The van der Waals surface area contributed by atoms with Crippen molar-refractivity contribution >= 4 is 17.5 Å². The lowest BCUT2D eigenvalue weighted by Crippen LogP contribution is -2.43. The number of amides is 2. The fourth-order valence-electron chi connectivity index (χ4n) is 3.35. The minimum Gasteiger partial charge on any atom is -0.488 e. The van der Waals surface area contributed by atoms with Crippen LogP contribution in [0.4, 0.5) is 10.1 Å². The average Bonchev–Trinajstić information content (AvgIpc) is 2.72. The average molecular weight is 400 g/mol. The predicted molar refractivity (Wildman–Crippen MR) is 107 cm³/mol. The monoisotopic (exact) mass is 400 g/mol. The lowest BCUT2D eigenvalue weighted by Gasteiger charge is -2.34. The molecule has 7 heteroatoms. The highest BCUT2D eigenvalue weighted by atomic mass is 19.1. The summed E-state index contributed by atoms with van der Waals surface area (Å²) in [6.45, 7) is 1.10. The highest BCUT2D eigenvalue weighted by Gasteiger charge is 2.32. The molecule has 1 fully saturated rings. The number of methoxy groups -OCH3 is 1. The molecule has 0 spiro atoms. The smallest absolute Gasteiger partial charge is 0.251 e. The molecule has 2 amide bonds. The van der Waals surface area contributed by atoms with E-state index in [1.807, 2.05) is 30.3 Å². The molecule has 1 unspecified atom stereocenters. The van der Waals surface area contributed by atoms with Crippen LogP contribution in [0.25, 0.3) is 0 Å². The molecule has 0 bridgehead atoms. The Morgan fingerprint density at radius 3 is 2.66 bits per heavy atom. The highest BCUT2D eigenvalue weighted by molar-refractivity contribution is 5.98. The first-order valence-corrected chi connectivity index (χ1v) is 9.66. The molecule has 2 aromatic rings. The second-order valence-corrected chi connectivity index (χ2v) is 6.83.